The first-order chi connectivity index (χ1) is 19.2. The van der Waals surface area contributed by atoms with Crippen molar-refractivity contribution in [3.63, 3.8) is 0 Å². The molecule has 1 aromatic carbocycles. The highest BCUT2D eigenvalue weighted by Gasteiger charge is 2.51. The number of halogens is 6. The average molecular weight is 592 g/mol. The molecule has 0 aromatic heterocycles. The van der Waals surface area contributed by atoms with Gasteiger partial charge in [0.15, 0.2) is 0 Å². The number of carbonyl (C=O) groups is 2. The van der Waals surface area contributed by atoms with E-state index in [0.29, 0.717) is 31.0 Å². The van der Waals surface area contributed by atoms with Crippen LogP contribution in [0.5, 0.6) is 0 Å². The lowest BCUT2D eigenvalue weighted by atomic mass is 10.0. The number of nitrogens with zero attached hydrogens (tertiary/aromatic N) is 4. The molecule has 4 rings (SSSR count). The molecule has 1 saturated carbocycles. The Balaban J connectivity index is 0.00000141. The van der Waals surface area contributed by atoms with Crippen molar-refractivity contribution in [1.82, 2.24) is 14.7 Å². The number of amides is 2. The fourth-order valence-electron chi connectivity index (χ4n) is 5.48. The van der Waals surface area contributed by atoms with Gasteiger partial charge in [0.25, 0.3) is 0 Å². The molecule has 2 N–H and O–H groups in total. The smallest absolute Gasteiger partial charge is 0.333 e. The minimum Gasteiger partial charge on any atom is -0.333 e. The normalized spacial score (nSPS) is 24.1. The standard InChI is InChI=1S/C24H27F6N5O2.2C2H6/c1-2-14-7-19(14)34(4-3-31)21(36)18(32)12-33-11-17-9-20(33)22(37)35(17)10-13-5-15(23(25,26)27)8-16(6-13)24(28,29)30;2*1-2/h5-6,8,14,17-20H,2,4,7,9-12,32H2,1H3;2*1-2H3/t14?,17?,18-,19?,20?;;/m0../s1. The minimum absolute atomic E-state index is 0.0237. The molecule has 0 spiro atoms. The van der Waals surface area contributed by atoms with Crippen molar-refractivity contribution < 1.29 is 35.9 Å². The summed E-state index contributed by atoms with van der Waals surface area (Å²) in [5.41, 5.74) is 3.03. The number of rotatable bonds is 8. The number of nitriles is 1. The van der Waals surface area contributed by atoms with Crippen molar-refractivity contribution in [2.75, 3.05) is 19.6 Å². The van der Waals surface area contributed by atoms with E-state index >= 15 is 0 Å². The Morgan fingerprint density at radius 1 is 1.07 bits per heavy atom. The van der Waals surface area contributed by atoms with Crippen LogP contribution in [0, 0.1) is 17.2 Å². The molecule has 4 unspecified atom stereocenters. The zero-order chi connectivity index (χ0) is 31.3. The number of likely N-dealkylation sites (tertiary alicyclic amines) is 2. The number of carbonyl (C=O) groups excluding carboxylic acids is 2. The quantitative estimate of drug-likeness (QED) is 0.338. The van der Waals surface area contributed by atoms with Gasteiger partial charge in [0, 0.05) is 31.7 Å². The largest absolute Gasteiger partial charge is 0.416 e. The lowest BCUT2D eigenvalue weighted by molar-refractivity contribution is -0.143. The van der Waals surface area contributed by atoms with Gasteiger partial charge in [0.2, 0.25) is 11.8 Å². The summed E-state index contributed by atoms with van der Waals surface area (Å²) in [7, 11) is 0. The highest BCUT2D eigenvalue weighted by Crippen LogP contribution is 2.40. The Morgan fingerprint density at radius 2 is 1.63 bits per heavy atom. The van der Waals surface area contributed by atoms with Gasteiger partial charge >= 0.3 is 12.4 Å². The number of fused-ring (bicyclic) bond motifs is 2. The molecular formula is C28H39F6N5O2. The summed E-state index contributed by atoms with van der Waals surface area (Å²) >= 11 is 0. The first-order valence-corrected chi connectivity index (χ1v) is 14.0. The third kappa shape index (κ3) is 7.92. The van der Waals surface area contributed by atoms with Crippen LogP contribution < -0.4 is 5.73 Å². The van der Waals surface area contributed by atoms with E-state index in [-0.39, 0.29) is 43.2 Å². The van der Waals surface area contributed by atoms with Gasteiger partial charge in [-0.15, -0.1) is 0 Å². The summed E-state index contributed by atoms with van der Waals surface area (Å²) in [5, 5.41) is 9.11. The first kappa shape index (κ1) is 34.4. The van der Waals surface area contributed by atoms with Gasteiger partial charge in [-0.2, -0.15) is 31.6 Å². The molecule has 3 fully saturated rings. The molecule has 2 heterocycles. The van der Waals surface area contributed by atoms with Gasteiger partial charge in [-0.05, 0) is 42.5 Å². The van der Waals surface area contributed by atoms with Gasteiger partial charge in [-0.25, -0.2) is 0 Å². The number of hydrogen-bond donors (Lipinski definition) is 1. The van der Waals surface area contributed by atoms with Crippen LogP contribution in [0.15, 0.2) is 18.2 Å². The Hall–Kier alpha value is -2.85. The highest BCUT2D eigenvalue weighted by molar-refractivity contribution is 5.86. The van der Waals surface area contributed by atoms with Gasteiger partial charge in [0.05, 0.1) is 29.3 Å². The van der Waals surface area contributed by atoms with Gasteiger partial charge in [-0.1, -0.05) is 41.0 Å². The summed E-state index contributed by atoms with van der Waals surface area (Å²) in [6.45, 7) is 9.89. The molecule has 2 aliphatic heterocycles. The van der Waals surface area contributed by atoms with Crippen molar-refractivity contribution in [2.45, 2.75) is 96.9 Å². The molecule has 5 atom stereocenters. The maximum atomic E-state index is 13.2. The number of alkyl halides is 6. The Bertz CT molecular complexity index is 1070. The van der Waals surface area contributed by atoms with E-state index in [2.05, 4.69) is 0 Å². The number of benzene rings is 1. The van der Waals surface area contributed by atoms with Crippen molar-refractivity contribution in [1.29, 1.82) is 5.26 Å². The second-order valence-electron chi connectivity index (χ2n) is 9.94. The lowest BCUT2D eigenvalue weighted by Crippen LogP contribution is -2.56. The first-order valence-electron chi connectivity index (χ1n) is 14.0. The fourth-order valence-corrected chi connectivity index (χ4v) is 5.48. The number of nitrogens with two attached hydrogens (primary N) is 1. The van der Waals surface area contributed by atoms with Crippen LogP contribution in [0.2, 0.25) is 0 Å². The maximum absolute atomic E-state index is 13.2. The third-order valence-corrected chi connectivity index (χ3v) is 7.47. The summed E-state index contributed by atoms with van der Waals surface area (Å²) in [5.74, 6) is -0.474. The molecule has 1 aliphatic carbocycles. The van der Waals surface area contributed by atoms with Gasteiger partial charge in [-0.3, -0.25) is 14.5 Å². The third-order valence-electron chi connectivity index (χ3n) is 7.47. The number of piperazine rings is 1. The van der Waals surface area contributed by atoms with Crippen molar-refractivity contribution in [3.05, 3.63) is 34.9 Å². The van der Waals surface area contributed by atoms with E-state index < -0.39 is 47.5 Å². The van der Waals surface area contributed by atoms with E-state index in [4.69, 9.17) is 11.0 Å². The van der Waals surface area contributed by atoms with Crippen LogP contribution in [-0.2, 0) is 28.5 Å². The topological polar surface area (TPSA) is 93.7 Å². The molecule has 2 amide bonds. The molecule has 3 aliphatic rings. The fraction of sp³-hybridized carbons (Fsp3) is 0.679. The summed E-state index contributed by atoms with van der Waals surface area (Å²) in [4.78, 5) is 30.4. The molecule has 230 valence electrons. The summed E-state index contributed by atoms with van der Waals surface area (Å²) < 4.78 is 79.2. The molecule has 2 saturated heterocycles. The Morgan fingerprint density at radius 3 is 2.07 bits per heavy atom. The van der Waals surface area contributed by atoms with Crippen LogP contribution >= 0.6 is 0 Å². The molecule has 7 nitrogen and oxygen atoms in total. The molecule has 2 bridgehead atoms. The molecule has 0 radical (unpaired) electrons. The molecule has 41 heavy (non-hydrogen) atoms. The SMILES string of the molecule is CC.CC.CCC1CC1N(CC#N)C(=O)[C@@H](N)CN1CC2CC1C(=O)N2Cc1cc(C(F)(F)F)cc(C(F)(F)F)c1. The van der Waals surface area contributed by atoms with E-state index in [1.54, 1.807) is 4.90 Å². The van der Waals surface area contributed by atoms with Crippen molar-refractivity contribution in [3.8, 4) is 6.07 Å². The minimum atomic E-state index is -4.97. The zero-order valence-corrected chi connectivity index (χ0v) is 24.0. The molecule has 13 heteroatoms. The second-order valence-corrected chi connectivity index (χ2v) is 9.94. The van der Waals surface area contributed by atoms with Crippen LogP contribution in [0.25, 0.3) is 0 Å². The van der Waals surface area contributed by atoms with Crippen molar-refractivity contribution >= 4 is 11.8 Å². The Labute approximate surface area is 237 Å². The summed E-state index contributed by atoms with van der Waals surface area (Å²) in [6, 6.07) is 1.23. The molecular weight excluding hydrogens is 552 g/mol. The van der Waals surface area contributed by atoms with Crippen LogP contribution in [-0.4, -0.2) is 70.3 Å². The lowest BCUT2D eigenvalue weighted by Gasteiger charge is -2.35. The van der Waals surface area contributed by atoms with E-state index in [1.165, 1.54) is 9.80 Å². The molecule has 1 aromatic rings. The van der Waals surface area contributed by atoms with E-state index in [0.717, 1.165) is 12.8 Å². The predicted molar refractivity (Wildman–Crippen MR) is 141 cm³/mol. The zero-order valence-electron chi connectivity index (χ0n) is 24.0. The predicted octanol–water partition coefficient (Wildman–Crippen LogP) is 5.04. The highest BCUT2D eigenvalue weighted by atomic mass is 19.4. The van der Waals surface area contributed by atoms with E-state index in [1.807, 2.05) is 40.7 Å². The summed E-state index contributed by atoms with van der Waals surface area (Å²) in [6.07, 6.45) is -7.91. The maximum Gasteiger partial charge on any atom is 0.416 e. The van der Waals surface area contributed by atoms with Gasteiger partial charge in [0.1, 0.15) is 6.54 Å². The van der Waals surface area contributed by atoms with Crippen LogP contribution in [0.4, 0.5) is 26.3 Å². The van der Waals surface area contributed by atoms with E-state index in [9.17, 15) is 35.9 Å². The van der Waals surface area contributed by atoms with Gasteiger partial charge < -0.3 is 15.5 Å². The monoisotopic (exact) mass is 591 g/mol. The van der Waals surface area contributed by atoms with Crippen molar-refractivity contribution in [2.24, 2.45) is 11.7 Å². The van der Waals surface area contributed by atoms with Crippen LogP contribution in [0.3, 0.4) is 0 Å². The average Bonchev–Trinajstić information content (AvgIpc) is 3.51. The number of hydrogen-bond acceptors (Lipinski definition) is 5. The van der Waals surface area contributed by atoms with Crippen LogP contribution in [0.1, 0.15) is 70.6 Å². The second kappa shape index (κ2) is 13.9. The Kier molecular flexibility index (Phi) is 11.6.